The van der Waals surface area contributed by atoms with Crippen LogP contribution in [0.3, 0.4) is 0 Å². The minimum Gasteiger partial charge on any atom is -0.339 e. The van der Waals surface area contributed by atoms with Gasteiger partial charge in [-0.3, -0.25) is 4.79 Å². The lowest BCUT2D eigenvalue weighted by Crippen LogP contribution is -2.44. The second kappa shape index (κ2) is 4.74. The highest BCUT2D eigenvalue weighted by Gasteiger charge is 2.38. The van der Waals surface area contributed by atoms with Crippen LogP contribution in [0.25, 0.3) is 0 Å². The SMILES string of the molecule is CC(C)C1CCCN1C(=O)C1CCNC1C. The van der Waals surface area contributed by atoms with Crippen LogP contribution in [-0.2, 0) is 4.79 Å². The maximum Gasteiger partial charge on any atom is 0.227 e. The van der Waals surface area contributed by atoms with Gasteiger partial charge in [-0.2, -0.15) is 0 Å². The van der Waals surface area contributed by atoms with Crippen molar-refractivity contribution < 1.29 is 4.79 Å². The van der Waals surface area contributed by atoms with E-state index in [0.29, 0.717) is 23.9 Å². The van der Waals surface area contributed by atoms with Crippen LogP contribution in [0.15, 0.2) is 0 Å². The van der Waals surface area contributed by atoms with E-state index in [4.69, 9.17) is 0 Å². The molecule has 2 aliphatic heterocycles. The second-order valence-electron chi connectivity index (χ2n) is 5.62. The summed E-state index contributed by atoms with van der Waals surface area (Å²) in [5, 5.41) is 3.37. The lowest BCUT2D eigenvalue weighted by molar-refractivity contribution is -0.137. The van der Waals surface area contributed by atoms with Gasteiger partial charge in [0.15, 0.2) is 0 Å². The molecule has 2 rings (SSSR count). The molecule has 0 aromatic heterocycles. The third kappa shape index (κ3) is 2.10. The fourth-order valence-electron chi connectivity index (χ4n) is 3.17. The van der Waals surface area contributed by atoms with Crippen molar-refractivity contribution in [3.8, 4) is 0 Å². The Labute approximate surface area is 98.6 Å². The van der Waals surface area contributed by atoms with Crippen molar-refractivity contribution in [1.82, 2.24) is 10.2 Å². The topological polar surface area (TPSA) is 32.3 Å². The zero-order valence-corrected chi connectivity index (χ0v) is 10.7. The third-order valence-electron chi connectivity index (χ3n) is 4.19. The first-order valence-electron chi connectivity index (χ1n) is 6.65. The molecule has 3 heteroatoms. The third-order valence-corrected chi connectivity index (χ3v) is 4.19. The average Bonchev–Trinajstić information content (AvgIpc) is 2.84. The van der Waals surface area contributed by atoms with Gasteiger partial charge >= 0.3 is 0 Å². The maximum absolute atomic E-state index is 12.5. The minimum atomic E-state index is 0.222. The number of carbonyl (C=O) groups excluding carboxylic acids is 1. The van der Waals surface area contributed by atoms with Gasteiger partial charge in [-0.1, -0.05) is 13.8 Å². The molecule has 0 bridgehead atoms. The van der Waals surface area contributed by atoms with Crippen molar-refractivity contribution >= 4 is 5.91 Å². The van der Waals surface area contributed by atoms with Crippen molar-refractivity contribution in [2.24, 2.45) is 11.8 Å². The smallest absolute Gasteiger partial charge is 0.227 e. The van der Waals surface area contributed by atoms with E-state index in [1.54, 1.807) is 0 Å². The molecule has 2 heterocycles. The van der Waals surface area contributed by atoms with E-state index in [-0.39, 0.29) is 5.92 Å². The molecule has 2 fully saturated rings. The van der Waals surface area contributed by atoms with Gasteiger partial charge in [0.2, 0.25) is 5.91 Å². The largest absolute Gasteiger partial charge is 0.339 e. The molecule has 0 spiro atoms. The molecule has 0 radical (unpaired) electrons. The molecule has 92 valence electrons. The van der Waals surface area contributed by atoms with Gasteiger partial charge in [0, 0.05) is 18.6 Å². The zero-order valence-electron chi connectivity index (χ0n) is 10.7. The first-order valence-corrected chi connectivity index (χ1v) is 6.65. The second-order valence-corrected chi connectivity index (χ2v) is 5.62. The fourth-order valence-corrected chi connectivity index (χ4v) is 3.17. The number of rotatable bonds is 2. The molecule has 2 aliphatic rings. The van der Waals surface area contributed by atoms with E-state index in [1.165, 1.54) is 12.8 Å². The van der Waals surface area contributed by atoms with E-state index in [9.17, 15) is 4.79 Å². The van der Waals surface area contributed by atoms with Gasteiger partial charge in [0.05, 0.1) is 5.92 Å². The number of nitrogens with one attached hydrogen (secondary N) is 1. The standard InChI is InChI=1S/C13H24N2O/c1-9(2)12-5-4-8-15(12)13(16)11-6-7-14-10(11)3/h9-12,14H,4-8H2,1-3H3. The molecule has 0 saturated carbocycles. The molecule has 3 nitrogen and oxygen atoms in total. The Bertz CT molecular complexity index is 265. The first kappa shape index (κ1) is 11.9. The number of amides is 1. The summed E-state index contributed by atoms with van der Waals surface area (Å²) in [6, 6.07) is 0.848. The quantitative estimate of drug-likeness (QED) is 0.773. The molecule has 1 amide bonds. The summed E-state index contributed by atoms with van der Waals surface area (Å²) in [6.07, 6.45) is 3.39. The predicted octanol–water partition coefficient (Wildman–Crippen LogP) is 1.63. The lowest BCUT2D eigenvalue weighted by atomic mass is 9.97. The minimum absolute atomic E-state index is 0.222. The van der Waals surface area contributed by atoms with Crippen molar-refractivity contribution in [2.45, 2.75) is 52.1 Å². The Morgan fingerprint density at radius 2 is 2.12 bits per heavy atom. The highest BCUT2D eigenvalue weighted by molar-refractivity contribution is 5.80. The van der Waals surface area contributed by atoms with Crippen LogP contribution >= 0.6 is 0 Å². The molecule has 3 atom stereocenters. The van der Waals surface area contributed by atoms with E-state index < -0.39 is 0 Å². The van der Waals surface area contributed by atoms with Crippen molar-refractivity contribution in [3.63, 3.8) is 0 Å². The van der Waals surface area contributed by atoms with E-state index >= 15 is 0 Å². The molecule has 0 aliphatic carbocycles. The Kier molecular flexibility index (Phi) is 3.53. The molecule has 0 aromatic carbocycles. The van der Waals surface area contributed by atoms with E-state index in [2.05, 4.69) is 31.0 Å². The number of hydrogen-bond acceptors (Lipinski definition) is 2. The zero-order chi connectivity index (χ0) is 11.7. The van der Waals surface area contributed by atoms with Crippen molar-refractivity contribution in [1.29, 1.82) is 0 Å². The summed E-state index contributed by atoms with van der Waals surface area (Å²) >= 11 is 0. The Balaban J connectivity index is 2.03. The van der Waals surface area contributed by atoms with Crippen LogP contribution in [-0.4, -0.2) is 36.0 Å². The number of likely N-dealkylation sites (tertiary alicyclic amines) is 1. The van der Waals surface area contributed by atoms with E-state index in [0.717, 1.165) is 19.5 Å². The summed E-state index contributed by atoms with van der Waals surface area (Å²) < 4.78 is 0. The lowest BCUT2D eigenvalue weighted by Gasteiger charge is -2.31. The highest BCUT2D eigenvalue weighted by atomic mass is 16.2. The molecule has 0 aromatic rings. The first-order chi connectivity index (χ1) is 7.61. The normalized spacial score (nSPS) is 35.0. The van der Waals surface area contributed by atoms with Crippen LogP contribution in [0.1, 0.15) is 40.0 Å². The molecular weight excluding hydrogens is 200 g/mol. The summed E-state index contributed by atoms with van der Waals surface area (Å²) in [5.41, 5.74) is 0. The van der Waals surface area contributed by atoms with Gasteiger partial charge in [0.25, 0.3) is 0 Å². The summed E-state index contributed by atoms with van der Waals surface area (Å²) in [6.45, 7) is 8.57. The van der Waals surface area contributed by atoms with E-state index in [1.807, 2.05) is 0 Å². The Hall–Kier alpha value is -0.570. The molecular formula is C13H24N2O. The number of nitrogens with zero attached hydrogens (tertiary/aromatic N) is 1. The number of hydrogen-bond donors (Lipinski definition) is 1. The van der Waals surface area contributed by atoms with Crippen LogP contribution in [0, 0.1) is 11.8 Å². The van der Waals surface area contributed by atoms with Gasteiger partial charge in [-0.15, -0.1) is 0 Å². The summed E-state index contributed by atoms with van der Waals surface area (Å²) in [4.78, 5) is 14.6. The summed E-state index contributed by atoms with van der Waals surface area (Å²) in [7, 11) is 0. The summed E-state index contributed by atoms with van der Waals surface area (Å²) in [5.74, 6) is 1.21. The van der Waals surface area contributed by atoms with Crippen LogP contribution in [0.4, 0.5) is 0 Å². The maximum atomic E-state index is 12.5. The molecule has 1 N–H and O–H groups in total. The van der Waals surface area contributed by atoms with Crippen LogP contribution in [0.5, 0.6) is 0 Å². The highest BCUT2D eigenvalue weighted by Crippen LogP contribution is 2.28. The van der Waals surface area contributed by atoms with Gasteiger partial charge in [0.1, 0.15) is 0 Å². The van der Waals surface area contributed by atoms with Crippen LogP contribution in [0.2, 0.25) is 0 Å². The van der Waals surface area contributed by atoms with Gasteiger partial charge in [-0.25, -0.2) is 0 Å². The number of carbonyl (C=O) groups is 1. The average molecular weight is 224 g/mol. The fraction of sp³-hybridized carbons (Fsp3) is 0.923. The molecule has 3 unspecified atom stereocenters. The van der Waals surface area contributed by atoms with Gasteiger partial charge < -0.3 is 10.2 Å². The monoisotopic (exact) mass is 224 g/mol. The predicted molar refractivity (Wildman–Crippen MR) is 65.1 cm³/mol. The molecule has 16 heavy (non-hydrogen) atoms. The Morgan fingerprint density at radius 1 is 1.38 bits per heavy atom. The Morgan fingerprint density at radius 3 is 2.69 bits per heavy atom. The van der Waals surface area contributed by atoms with Crippen LogP contribution < -0.4 is 5.32 Å². The van der Waals surface area contributed by atoms with Crippen molar-refractivity contribution in [3.05, 3.63) is 0 Å². The van der Waals surface area contributed by atoms with Crippen molar-refractivity contribution in [2.75, 3.05) is 13.1 Å². The van der Waals surface area contributed by atoms with Gasteiger partial charge in [-0.05, 0) is 38.6 Å². The molecule has 2 saturated heterocycles.